The summed E-state index contributed by atoms with van der Waals surface area (Å²) in [6, 6.07) is 9.67. The fourth-order valence-electron chi connectivity index (χ4n) is 3.32. The van der Waals surface area contributed by atoms with Crippen LogP contribution in [0.1, 0.15) is 41.6 Å². The molecule has 2 aliphatic rings. The van der Waals surface area contributed by atoms with Crippen LogP contribution in [-0.2, 0) is 0 Å². The number of nitrogens with one attached hydrogen (secondary N) is 1. The van der Waals surface area contributed by atoms with Gasteiger partial charge >= 0.3 is 0 Å². The van der Waals surface area contributed by atoms with Crippen molar-refractivity contribution < 1.29 is 10.1 Å². The summed E-state index contributed by atoms with van der Waals surface area (Å²) < 4.78 is 0. The molecule has 2 aliphatic heterocycles. The average molecular weight is 245 g/mol. The zero-order chi connectivity index (χ0) is 12.5. The second-order valence-electron chi connectivity index (χ2n) is 5.80. The van der Waals surface area contributed by atoms with E-state index in [0.717, 1.165) is 30.5 Å². The van der Waals surface area contributed by atoms with Crippen molar-refractivity contribution in [1.29, 1.82) is 0 Å². The maximum atomic E-state index is 12.1. The fraction of sp³-hybridized carbons (Fsp3) is 0.533. The van der Waals surface area contributed by atoms with Crippen molar-refractivity contribution in [2.75, 3.05) is 0 Å². The van der Waals surface area contributed by atoms with E-state index in [4.69, 9.17) is 0 Å². The molecule has 1 unspecified atom stereocenters. The van der Waals surface area contributed by atoms with Gasteiger partial charge in [0.05, 0.1) is 12.1 Å². The van der Waals surface area contributed by atoms with Crippen LogP contribution in [0.15, 0.2) is 24.3 Å². The van der Waals surface area contributed by atoms with Gasteiger partial charge in [0.1, 0.15) is 0 Å². The van der Waals surface area contributed by atoms with Crippen molar-refractivity contribution in [2.45, 2.75) is 50.7 Å². The van der Waals surface area contributed by atoms with E-state index in [1.165, 1.54) is 18.4 Å². The SMILES string of the molecule is Cc1ccc(C(=O)NC2C[C@H]3CC[C@@H](C2)[NH2+]3)cc1. The van der Waals surface area contributed by atoms with E-state index in [2.05, 4.69) is 10.6 Å². The third-order valence-corrected chi connectivity index (χ3v) is 4.28. The van der Waals surface area contributed by atoms with Gasteiger partial charge in [0.25, 0.3) is 5.91 Å². The van der Waals surface area contributed by atoms with Gasteiger partial charge in [-0.25, -0.2) is 0 Å². The van der Waals surface area contributed by atoms with E-state index >= 15 is 0 Å². The molecule has 96 valence electrons. The molecule has 0 saturated carbocycles. The number of hydrogen-bond acceptors (Lipinski definition) is 1. The molecular weight excluding hydrogens is 224 g/mol. The summed E-state index contributed by atoms with van der Waals surface area (Å²) in [7, 11) is 0. The first-order valence-corrected chi connectivity index (χ1v) is 6.93. The predicted octanol–water partition coefficient (Wildman–Crippen LogP) is 0.982. The van der Waals surface area contributed by atoms with Crippen molar-refractivity contribution >= 4 is 5.91 Å². The van der Waals surface area contributed by atoms with Crippen molar-refractivity contribution in [3.8, 4) is 0 Å². The van der Waals surface area contributed by atoms with Gasteiger partial charge in [0, 0.05) is 37.3 Å². The Morgan fingerprint density at radius 2 is 1.78 bits per heavy atom. The molecule has 18 heavy (non-hydrogen) atoms. The molecule has 3 heteroatoms. The van der Waals surface area contributed by atoms with Gasteiger partial charge in [-0.3, -0.25) is 4.79 Å². The molecule has 0 spiro atoms. The largest absolute Gasteiger partial charge is 0.349 e. The first-order valence-electron chi connectivity index (χ1n) is 6.93. The van der Waals surface area contributed by atoms with Gasteiger partial charge in [-0.15, -0.1) is 0 Å². The van der Waals surface area contributed by atoms with Crippen molar-refractivity contribution in [1.82, 2.24) is 5.32 Å². The van der Waals surface area contributed by atoms with Crippen molar-refractivity contribution in [2.24, 2.45) is 0 Å². The molecule has 1 aromatic carbocycles. The Morgan fingerprint density at radius 3 is 2.39 bits per heavy atom. The number of amides is 1. The summed E-state index contributed by atoms with van der Waals surface area (Å²) in [5.74, 6) is 0.0845. The van der Waals surface area contributed by atoms with Crippen LogP contribution in [0.5, 0.6) is 0 Å². The molecule has 1 amide bonds. The zero-order valence-electron chi connectivity index (χ0n) is 10.9. The minimum atomic E-state index is 0.0845. The van der Waals surface area contributed by atoms with E-state index in [1.807, 2.05) is 31.2 Å². The Labute approximate surface area is 108 Å². The number of benzene rings is 1. The van der Waals surface area contributed by atoms with Gasteiger partial charge in [-0.05, 0) is 19.1 Å². The van der Waals surface area contributed by atoms with Crippen LogP contribution in [0.3, 0.4) is 0 Å². The van der Waals surface area contributed by atoms with E-state index in [1.54, 1.807) is 0 Å². The lowest BCUT2D eigenvalue weighted by atomic mass is 9.99. The summed E-state index contributed by atoms with van der Waals surface area (Å²) >= 11 is 0. The number of aryl methyl sites for hydroxylation is 1. The minimum Gasteiger partial charge on any atom is -0.349 e. The molecular formula is C15H21N2O+. The molecule has 3 atom stereocenters. The number of fused-ring (bicyclic) bond motifs is 2. The molecule has 3 N–H and O–H groups in total. The lowest BCUT2D eigenvalue weighted by molar-refractivity contribution is -0.710. The normalized spacial score (nSPS) is 30.2. The molecule has 2 fully saturated rings. The summed E-state index contributed by atoms with van der Waals surface area (Å²) in [4.78, 5) is 12.1. The zero-order valence-corrected chi connectivity index (χ0v) is 10.9. The topological polar surface area (TPSA) is 45.7 Å². The standard InChI is InChI=1S/C15H20N2O/c1-10-2-4-11(5-3-10)15(18)17-14-8-12-6-7-13(9-14)16-12/h2-5,12-14,16H,6-9H2,1H3,(H,17,18)/p+1/t12-,13+,14?. The number of nitrogens with two attached hydrogens (primary N) is 1. The monoisotopic (exact) mass is 245 g/mol. The van der Waals surface area contributed by atoms with Gasteiger partial charge in [-0.2, -0.15) is 0 Å². The lowest BCUT2D eigenvalue weighted by Crippen LogP contribution is -2.94. The Morgan fingerprint density at radius 1 is 1.17 bits per heavy atom. The van der Waals surface area contributed by atoms with Crippen LogP contribution in [-0.4, -0.2) is 24.0 Å². The number of carbonyl (C=O) groups excluding carboxylic acids is 1. The second kappa shape index (κ2) is 4.73. The average Bonchev–Trinajstić information content (AvgIpc) is 2.69. The molecule has 3 rings (SSSR count). The molecule has 2 heterocycles. The van der Waals surface area contributed by atoms with E-state index < -0.39 is 0 Å². The summed E-state index contributed by atoms with van der Waals surface area (Å²) in [5, 5.41) is 5.69. The van der Waals surface area contributed by atoms with Crippen LogP contribution < -0.4 is 10.6 Å². The first kappa shape index (κ1) is 11.7. The summed E-state index contributed by atoms with van der Waals surface area (Å²) in [6.07, 6.45) is 4.91. The quantitative estimate of drug-likeness (QED) is 0.801. The molecule has 0 radical (unpaired) electrons. The van der Waals surface area contributed by atoms with Crippen molar-refractivity contribution in [3.63, 3.8) is 0 Å². The minimum absolute atomic E-state index is 0.0845. The van der Waals surface area contributed by atoms with Gasteiger partial charge < -0.3 is 10.6 Å². The highest BCUT2D eigenvalue weighted by Gasteiger charge is 2.37. The van der Waals surface area contributed by atoms with Crippen LogP contribution in [0, 0.1) is 6.92 Å². The van der Waals surface area contributed by atoms with Crippen LogP contribution >= 0.6 is 0 Å². The number of carbonyl (C=O) groups is 1. The molecule has 2 bridgehead atoms. The second-order valence-corrected chi connectivity index (χ2v) is 5.80. The Bertz CT molecular complexity index is 428. The van der Waals surface area contributed by atoms with E-state index in [0.29, 0.717) is 6.04 Å². The third-order valence-electron chi connectivity index (χ3n) is 4.28. The highest BCUT2D eigenvalue weighted by atomic mass is 16.1. The van der Waals surface area contributed by atoms with E-state index in [9.17, 15) is 4.79 Å². The number of piperidine rings is 1. The van der Waals surface area contributed by atoms with Gasteiger partial charge in [0.15, 0.2) is 0 Å². The van der Waals surface area contributed by atoms with Gasteiger partial charge in [0.2, 0.25) is 0 Å². The van der Waals surface area contributed by atoms with Crippen molar-refractivity contribution in [3.05, 3.63) is 35.4 Å². The summed E-state index contributed by atoms with van der Waals surface area (Å²) in [6.45, 7) is 2.04. The molecule has 0 aromatic heterocycles. The number of hydrogen-bond donors (Lipinski definition) is 2. The number of rotatable bonds is 2. The fourth-order valence-corrected chi connectivity index (χ4v) is 3.32. The van der Waals surface area contributed by atoms with Crippen LogP contribution in [0.4, 0.5) is 0 Å². The Balaban J connectivity index is 1.62. The highest BCUT2D eigenvalue weighted by Crippen LogP contribution is 2.21. The molecule has 1 aromatic rings. The maximum Gasteiger partial charge on any atom is 0.251 e. The smallest absolute Gasteiger partial charge is 0.251 e. The van der Waals surface area contributed by atoms with Crippen LogP contribution in [0.25, 0.3) is 0 Å². The maximum absolute atomic E-state index is 12.1. The third kappa shape index (κ3) is 2.41. The first-order chi connectivity index (χ1) is 8.70. The molecule has 3 nitrogen and oxygen atoms in total. The lowest BCUT2D eigenvalue weighted by Gasteiger charge is -2.27. The number of quaternary nitrogens is 1. The van der Waals surface area contributed by atoms with Gasteiger partial charge in [-0.1, -0.05) is 17.7 Å². The highest BCUT2D eigenvalue weighted by molar-refractivity contribution is 5.94. The Hall–Kier alpha value is -1.35. The predicted molar refractivity (Wildman–Crippen MR) is 70.4 cm³/mol. The summed E-state index contributed by atoms with van der Waals surface area (Å²) in [5.41, 5.74) is 1.97. The molecule has 0 aliphatic carbocycles. The van der Waals surface area contributed by atoms with E-state index in [-0.39, 0.29) is 5.91 Å². The Kier molecular flexibility index (Phi) is 3.08. The molecule has 2 saturated heterocycles. The van der Waals surface area contributed by atoms with Crippen LogP contribution in [0.2, 0.25) is 0 Å².